The Kier molecular flexibility index (Phi) is 2.19. The van der Waals surface area contributed by atoms with Crippen LogP contribution in [0.15, 0.2) is 36.0 Å². The topological polar surface area (TPSA) is 17.3 Å². The molecular formula is C11H6ClFN2S. The summed E-state index contributed by atoms with van der Waals surface area (Å²) in [5, 5.41) is 2.34. The molecule has 0 atom stereocenters. The van der Waals surface area contributed by atoms with E-state index in [2.05, 4.69) is 4.98 Å². The van der Waals surface area contributed by atoms with Gasteiger partial charge in [-0.25, -0.2) is 9.37 Å². The molecule has 0 aliphatic carbocycles. The maximum absolute atomic E-state index is 12.9. The van der Waals surface area contributed by atoms with Crippen LogP contribution >= 0.6 is 22.9 Å². The Morgan fingerprint density at radius 1 is 1.38 bits per heavy atom. The maximum atomic E-state index is 12.9. The molecule has 0 saturated carbocycles. The molecule has 0 radical (unpaired) electrons. The second-order valence-corrected chi connectivity index (χ2v) is 4.62. The molecule has 0 aliphatic rings. The Balaban J connectivity index is 2.19. The third-order valence-electron chi connectivity index (χ3n) is 2.30. The lowest BCUT2D eigenvalue weighted by Gasteiger charge is -1.99. The highest BCUT2D eigenvalue weighted by Crippen LogP contribution is 2.28. The number of hydrogen-bond acceptors (Lipinski definition) is 2. The number of hydrogen-bond donors (Lipinski definition) is 0. The second kappa shape index (κ2) is 3.57. The summed E-state index contributed by atoms with van der Waals surface area (Å²) < 4.78 is 14.8. The van der Waals surface area contributed by atoms with Crippen molar-refractivity contribution in [2.75, 3.05) is 0 Å². The Bertz CT molecular complexity index is 630. The highest BCUT2D eigenvalue weighted by Gasteiger charge is 2.09. The van der Waals surface area contributed by atoms with Crippen LogP contribution in [-0.2, 0) is 0 Å². The molecule has 0 unspecified atom stereocenters. The fourth-order valence-corrected chi connectivity index (χ4v) is 2.52. The summed E-state index contributed by atoms with van der Waals surface area (Å²) in [7, 11) is 0. The van der Waals surface area contributed by atoms with E-state index in [1.165, 1.54) is 12.1 Å². The molecule has 3 rings (SSSR count). The van der Waals surface area contributed by atoms with Crippen LogP contribution in [-0.4, -0.2) is 9.38 Å². The van der Waals surface area contributed by atoms with Crippen molar-refractivity contribution in [1.29, 1.82) is 0 Å². The highest BCUT2D eigenvalue weighted by atomic mass is 35.5. The van der Waals surface area contributed by atoms with Gasteiger partial charge in [0.05, 0.1) is 10.7 Å². The molecule has 2 heterocycles. The first-order chi connectivity index (χ1) is 7.74. The van der Waals surface area contributed by atoms with Crippen molar-refractivity contribution in [3.8, 4) is 11.3 Å². The molecule has 0 saturated heterocycles. The van der Waals surface area contributed by atoms with Gasteiger partial charge in [-0.15, -0.1) is 11.3 Å². The van der Waals surface area contributed by atoms with Crippen LogP contribution in [0, 0.1) is 5.82 Å². The van der Waals surface area contributed by atoms with Gasteiger partial charge in [0.2, 0.25) is 0 Å². The first-order valence-corrected chi connectivity index (χ1v) is 5.87. The molecule has 0 amide bonds. The SMILES string of the molecule is Fc1ccc(-c2cn3ccsc3n2)c(Cl)c1. The third-order valence-corrected chi connectivity index (χ3v) is 3.38. The van der Waals surface area contributed by atoms with Crippen LogP contribution in [0.4, 0.5) is 4.39 Å². The van der Waals surface area contributed by atoms with Gasteiger partial charge in [0.1, 0.15) is 5.82 Å². The molecule has 0 spiro atoms. The van der Waals surface area contributed by atoms with Gasteiger partial charge in [0, 0.05) is 23.3 Å². The first-order valence-electron chi connectivity index (χ1n) is 4.62. The average molecular weight is 253 g/mol. The molecule has 16 heavy (non-hydrogen) atoms. The van der Waals surface area contributed by atoms with Crippen LogP contribution in [0.1, 0.15) is 0 Å². The summed E-state index contributed by atoms with van der Waals surface area (Å²) >= 11 is 7.52. The van der Waals surface area contributed by atoms with E-state index in [-0.39, 0.29) is 5.82 Å². The second-order valence-electron chi connectivity index (χ2n) is 3.34. The Hall–Kier alpha value is -1.39. The summed E-state index contributed by atoms with van der Waals surface area (Å²) in [6.07, 6.45) is 3.80. The molecule has 2 aromatic heterocycles. The zero-order valence-corrected chi connectivity index (χ0v) is 9.60. The molecule has 3 aromatic rings. The Morgan fingerprint density at radius 2 is 2.25 bits per heavy atom. The fourth-order valence-electron chi connectivity index (χ4n) is 1.55. The zero-order chi connectivity index (χ0) is 11.1. The van der Waals surface area contributed by atoms with Crippen molar-refractivity contribution in [1.82, 2.24) is 9.38 Å². The van der Waals surface area contributed by atoms with E-state index in [0.717, 1.165) is 16.2 Å². The average Bonchev–Trinajstić information content (AvgIpc) is 2.76. The number of halogens is 2. The molecule has 2 nitrogen and oxygen atoms in total. The van der Waals surface area contributed by atoms with Crippen LogP contribution in [0.5, 0.6) is 0 Å². The molecule has 5 heteroatoms. The van der Waals surface area contributed by atoms with Crippen LogP contribution < -0.4 is 0 Å². The minimum absolute atomic E-state index is 0.338. The minimum Gasteiger partial charge on any atom is -0.297 e. The largest absolute Gasteiger partial charge is 0.297 e. The quantitative estimate of drug-likeness (QED) is 0.643. The summed E-state index contributed by atoms with van der Waals surface area (Å²) in [6, 6.07) is 4.32. The predicted octanol–water partition coefficient (Wildman–Crippen LogP) is 3.86. The van der Waals surface area contributed by atoms with Gasteiger partial charge in [-0.3, -0.25) is 4.40 Å². The Labute approximate surface area is 99.9 Å². The predicted molar refractivity (Wildman–Crippen MR) is 63.5 cm³/mol. The molecule has 0 N–H and O–H groups in total. The van der Waals surface area contributed by atoms with Crippen molar-refractivity contribution in [2.24, 2.45) is 0 Å². The molecule has 0 aliphatic heterocycles. The van der Waals surface area contributed by atoms with Gasteiger partial charge in [-0.05, 0) is 18.2 Å². The number of fused-ring (bicyclic) bond motifs is 1. The lowest BCUT2D eigenvalue weighted by molar-refractivity contribution is 0.628. The number of benzene rings is 1. The van der Waals surface area contributed by atoms with E-state index in [9.17, 15) is 4.39 Å². The standard InChI is InChI=1S/C11H6ClFN2S/c12-9-5-7(13)1-2-8(9)10-6-15-3-4-16-11(15)14-10/h1-6H. The summed E-state index contributed by atoms with van der Waals surface area (Å²) in [5.74, 6) is -0.338. The number of thiazole rings is 1. The van der Waals surface area contributed by atoms with Crippen molar-refractivity contribution in [3.05, 3.63) is 46.8 Å². The van der Waals surface area contributed by atoms with Crippen molar-refractivity contribution in [2.45, 2.75) is 0 Å². The van der Waals surface area contributed by atoms with Crippen molar-refractivity contribution in [3.63, 3.8) is 0 Å². The van der Waals surface area contributed by atoms with Crippen LogP contribution in [0.25, 0.3) is 16.2 Å². The number of imidazole rings is 1. The van der Waals surface area contributed by atoms with E-state index < -0.39 is 0 Å². The smallest absolute Gasteiger partial charge is 0.194 e. The number of nitrogens with zero attached hydrogens (tertiary/aromatic N) is 2. The lowest BCUT2D eigenvalue weighted by Crippen LogP contribution is -1.81. The molecule has 80 valence electrons. The Morgan fingerprint density at radius 3 is 3.00 bits per heavy atom. The van der Waals surface area contributed by atoms with E-state index >= 15 is 0 Å². The van der Waals surface area contributed by atoms with E-state index in [4.69, 9.17) is 11.6 Å². The van der Waals surface area contributed by atoms with Gasteiger partial charge < -0.3 is 0 Å². The normalized spacial score (nSPS) is 11.1. The fraction of sp³-hybridized carbons (Fsp3) is 0. The van der Waals surface area contributed by atoms with Crippen LogP contribution in [0.2, 0.25) is 5.02 Å². The van der Waals surface area contributed by atoms with E-state index in [1.807, 2.05) is 22.2 Å². The summed E-state index contributed by atoms with van der Waals surface area (Å²) in [5.41, 5.74) is 1.51. The van der Waals surface area contributed by atoms with E-state index in [1.54, 1.807) is 17.4 Å². The van der Waals surface area contributed by atoms with Gasteiger partial charge in [0.15, 0.2) is 4.96 Å². The van der Waals surface area contributed by atoms with Gasteiger partial charge in [-0.1, -0.05) is 11.6 Å². The van der Waals surface area contributed by atoms with Gasteiger partial charge in [0.25, 0.3) is 0 Å². The van der Waals surface area contributed by atoms with Gasteiger partial charge >= 0.3 is 0 Å². The maximum Gasteiger partial charge on any atom is 0.194 e. The van der Waals surface area contributed by atoms with Crippen molar-refractivity contribution >= 4 is 27.9 Å². The molecule has 1 aromatic carbocycles. The number of rotatable bonds is 1. The van der Waals surface area contributed by atoms with Gasteiger partial charge in [-0.2, -0.15) is 0 Å². The van der Waals surface area contributed by atoms with Crippen molar-refractivity contribution < 1.29 is 4.39 Å². The molecular weight excluding hydrogens is 247 g/mol. The highest BCUT2D eigenvalue weighted by molar-refractivity contribution is 7.15. The summed E-state index contributed by atoms with van der Waals surface area (Å²) in [4.78, 5) is 5.31. The lowest BCUT2D eigenvalue weighted by atomic mass is 10.2. The zero-order valence-electron chi connectivity index (χ0n) is 8.02. The summed E-state index contributed by atoms with van der Waals surface area (Å²) in [6.45, 7) is 0. The first kappa shape index (κ1) is 9.81. The third kappa shape index (κ3) is 1.50. The molecule has 0 fully saturated rings. The van der Waals surface area contributed by atoms with E-state index in [0.29, 0.717) is 5.02 Å². The number of aromatic nitrogens is 2. The monoisotopic (exact) mass is 252 g/mol. The van der Waals surface area contributed by atoms with Crippen LogP contribution in [0.3, 0.4) is 0 Å². The minimum atomic E-state index is -0.338. The molecule has 0 bridgehead atoms.